The first kappa shape index (κ1) is 14.2. The van der Waals surface area contributed by atoms with Crippen molar-refractivity contribution in [2.75, 3.05) is 11.4 Å². The minimum Gasteiger partial charge on any atom is -0.367 e. The van der Waals surface area contributed by atoms with Gasteiger partial charge in [-0.15, -0.1) is 0 Å². The summed E-state index contributed by atoms with van der Waals surface area (Å²) in [6.07, 6.45) is 7.82. The highest BCUT2D eigenvalue weighted by atomic mass is 35.5. The SMILES string of the molecule is CCC1CCCCN1c1ccc(CNC2CC2)cc1Cl. The van der Waals surface area contributed by atoms with Crippen LogP contribution in [0.3, 0.4) is 0 Å². The van der Waals surface area contributed by atoms with Gasteiger partial charge in [-0.1, -0.05) is 24.6 Å². The molecule has 0 amide bonds. The highest BCUT2D eigenvalue weighted by Crippen LogP contribution is 2.33. The number of benzene rings is 1. The van der Waals surface area contributed by atoms with Crippen molar-refractivity contribution < 1.29 is 0 Å². The average molecular weight is 293 g/mol. The molecule has 1 aromatic carbocycles. The Hall–Kier alpha value is -0.730. The predicted molar refractivity (Wildman–Crippen MR) is 86.6 cm³/mol. The minimum absolute atomic E-state index is 0.664. The van der Waals surface area contributed by atoms with Crippen LogP contribution in [0.25, 0.3) is 0 Å². The maximum absolute atomic E-state index is 6.55. The summed E-state index contributed by atoms with van der Waals surface area (Å²) >= 11 is 6.55. The third kappa shape index (κ3) is 3.29. The molecule has 1 saturated carbocycles. The van der Waals surface area contributed by atoms with Crippen LogP contribution in [0.4, 0.5) is 5.69 Å². The van der Waals surface area contributed by atoms with Crippen molar-refractivity contribution in [3.63, 3.8) is 0 Å². The summed E-state index contributed by atoms with van der Waals surface area (Å²) in [5.41, 5.74) is 2.53. The topological polar surface area (TPSA) is 15.3 Å². The van der Waals surface area contributed by atoms with Crippen LogP contribution in [-0.2, 0) is 6.54 Å². The lowest BCUT2D eigenvalue weighted by Crippen LogP contribution is -2.39. The highest BCUT2D eigenvalue weighted by molar-refractivity contribution is 6.33. The molecule has 2 fully saturated rings. The van der Waals surface area contributed by atoms with Crippen molar-refractivity contribution in [1.82, 2.24) is 5.32 Å². The van der Waals surface area contributed by atoms with E-state index in [0.717, 1.165) is 24.2 Å². The second-order valence-electron chi connectivity index (χ2n) is 6.19. The van der Waals surface area contributed by atoms with E-state index in [1.54, 1.807) is 0 Å². The van der Waals surface area contributed by atoms with E-state index < -0.39 is 0 Å². The van der Waals surface area contributed by atoms with E-state index in [1.165, 1.54) is 49.8 Å². The summed E-state index contributed by atoms with van der Waals surface area (Å²) < 4.78 is 0. The van der Waals surface area contributed by atoms with Crippen molar-refractivity contribution >= 4 is 17.3 Å². The average Bonchev–Trinajstić information content (AvgIpc) is 3.29. The molecule has 110 valence electrons. The number of hydrogen-bond acceptors (Lipinski definition) is 2. The zero-order valence-electron chi connectivity index (χ0n) is 12.4. The molecule has 1 aliphatic carbocycles. The third-order valence-corrected chi connectivity index (χ3v) is 4.89. The van der Waals surface area contributed by atoms with Gasteiger partial charge in [-0.25, -0.2) is 0 Å². The summed E-state index contributed by atoms with van der Waals surface area (Å²) in [5, 5.41) is 4.46. The fourth-order valence-electron chi connectivity index (χ4n) is 3.19. The molecule has 0 bridgehead atoms. The number of nitrogens with one attached hydrogen (secondary N) is 1. The number of hydrogen-bond donors (Lipinski definition) is 1. The first-order chi connectivity index (χ1) is 9.78. The first-order valence-electron chi connectivity index (χ1n) is 8.06. The van der Waals surface area contributed by atoms with Gasteiger partial charge in [0.25, 0.3) is 0 Å². The lowest BCUT2D eigenvalue weighted by molar-refractivity contribution is 0.450. The molecule has 0 spiro atoms. The summed E-state index contributed by atoms with van der Waals surface area (Å²) in [7, 11) is 0. The van der Waals surface area contributed by atoms with Gasteiger partial charge in [0.15, 0.2) is 0 Å². The van der Waals surface area contributed by atoms with Gasteiger partial charge in [-0.3, -0.25) is 0 Å². The summed E-state index contributed by atoms with van der Waals surface area (Å²) in [6, 6.07) is 8.02. The van der Waals surface area contributed by atoms with Gasteiger partial charge in [0.05, 0.1) is 10.7 Å². The molecule has 1 aliphatic heterocycles. The van der Waals surface area contributed by atoms with E-state index >= 15 is 0 Å². The Kier molecular flexibility index (Phi) is 4.52. The molecular formula is C17H25ClN2. The molecule has 20 heavy (non-hydrogen) atoms. The van der Waals surface area contributed by atoms with Gasteiger partial charge in [0.2, 0.25) is 0 Å². The van der Waals surface area contributed by atoms with E-state index in [0.29, 0.717) is 6.04 Å². The number of halogens is 1. The Morgan fingerprint density at radius 3 is 2.80 bits per heavy atom. The van der Waals surface area contributed by atoms with E-state index in [1.807, 2.05) is 0 Å². The van der Waals surface area contributed by atoms with E-state index in [4.69, 9.17) is 11.6 Å². The van der Waals surface area contributed by atoms with Crippen LogP contribution in [-0.4, -0.2) is 18.6 Å². The highest BCUT2D eigenvalue weighted by Gasteiger charge is 2.23. The van der Waals surface area contributed by atoms with Crippen LogP contribution in [0, 0.1) is 0 Å². The number of anilines is 1. The predicted octanol–water partition coefficient (Wildman–Crippen LogP) is 4.36. The molecule has 1 N–H and O–H groups in total. The fourth-order valence-corrected chi connectivity index (χ4v) is 3.50. The molecule has 3 rings (SSSR count). The molecule has 2 aliphatic rings. The van der Waals surface area contributed by atoms with Crippen molar-refractivity contribution in [3.8, 4) is 0 Å². The lowest BCUT2D eigenvalue weighted by Gasteiger charge is -2.37. The van der Waals surface area contributed by atoms with Gasteiger partial charge in [0, 0.05) is 25.2 Å². The Labute approximate surface area is 127 Å². The molecule has 0 radical (unpaired) electrons. The first-order valence-corrected chi connectivity index (χ1v) is 8.44. The monoisotopic (exact) mass is 292 g/mol. The van der Waals surface area contributed by atoms with Crippen LogP contribution in [0.2, 0.25) is 5.02 Å². The van der Waals surface area contributed by atoms with Crippen LogP contribution in [0.15, 0.2) is 18.2 Å². The second-order valence-corrected chi connectivity index (χ2v) is 6.60. The largest absolute Gasteiger partial charge is 0.367 e. The van der Waals surface area contributed by atoms with Crippen molar-refractivity contribution in [3.05, 3.63) is 28.8 Å². The Balaban J connectivity index is 1.71. The van der Waals surface area contributed by atoms with E-state index in [-0.39, 0.29) is 0 Å². The normalized spacial score (nSPS) is 23.1. The zero-order chi connectivity index (χ0) is 13.9. The van der Waals surface area contributed by atoms with E-state index in [9.17, 15) is 0 Å². The molecule has 1 saturated heterocycles. The molecule has 2 nitrogen and oxygen atoms in total. The number of rotatable bonds is 5. The van der Waals surface area contributed by atoms with Crippen LogP contribution < -0.4 is 10.2 Å². The Bertz CT molecular complexity index is 456. The van der Waals surface area contributed by atoms with Crippen LogP contribution in [0.5, 0.6) is 0 Å². The second kappa shape index (κ2) is 6.36. The van der Waals surface area contributed by atoms with Gasteiger partial charge in [-0.05, 0) is 56.2 Å². The Morgan fingerprint density at radius 2 is 2.10 bits per heavy atom. The van der Waals surface area contributed by atoms with Gasteiger partial charge in [-0.2, -0.15) is 0 Å². The van der Waals surface area contributed by atoms with Crippen molar-refractivity contribution in [1.29, 1.82) is 0 Å². The van der Waals surface area contributed by atoms with Crippen LogP contribution in [0.1, 0.15) is 51.0 Å². The standard InChI is InChI=1S/C17H25ClN2/c1-2-15-5-3-4-10-20(15)17-9-6-13(11-16(17)18)12-19-14-7-8-14/h6,9,11,14-15,19H,2-5,7-8,10,12H2,1H3. The quantitative estimate of drug-likeness (QED) is 0.867. The maximum Gasteiger partial charge on any atom is 0.0642 e. The third-order valence-electron chi connectivity index (χ3n) is 4.59. The molecular weight excluding hydrogens is 268 g/mol. The van der Waals surface area contributed by atoms with E-state index in [2.05, 4.69) is 35.3 Å². The van der Waals surface area contributed by atoms with Gasteiger partial charge < -0.3 is 10.2 Å². The molecule has 1 unspecified atom stereocenters. The summed E-state index contributed by atoms with van der Waals surface area (Å²) in [4.78, 5) is 2.52. The smallest absolute Gasteiger partial charge is 0.0642 e. The summed E-state index contributed by atoms with van der Waals surface area (Å²) in [6.45, 7) is 4.38. The lowest BCUT2D eigenvalue weighted by atomic mass is 9.99. The van der Waals surface area contributed by atoms with Crippen molar-refractivity contribution in [2.24, 2.45) is 0 Å². The molecule has 0 aromatic heterocycles. The molecule has 3 heteroatoms. The number of piperidine rings is 1. The summed E-state index contributed by atoms with van der Waals surface area (Å²) in [5.74, 6) is 0. The van der Waals surface area contributed by atoms with Gasteiger partial charge >= 0.3 is 0 Å². The zero-order valence-corrected chi connectivity index (χ0v) is 13.1. The fraction of sp³-hybridized carbons (Fsp3) is 0.647. The minimum atomic E-state index is 0.664. The maximum atomic E-state index is 6.55. The Morgan fingerprint density at radius 1 is 1.25 bits per heavy atom. The van der Waals surface area contributed by atoms with Crippen LogP contribution >= 0.6 is 11.6 Å². The molecule has 1 atom stereocenters. The van der Waals surface area contributed by atoms with Crippen molar-refractivity contribution in [2.45, 2.75) is 64.1 Å². The molecule has 1 aromatic rings. The number of nitrogens with zero attached hydrogens (tertiary/aromatic N) is 1. The molecule has 1 heterocycles. The van der Waals surface area contributed by atoms with Gasteiger partial charge in [0.1, 0.15) is 0 Å².